The first-order valence-electron chi connectivity index (χ1n) is 5.50. The largest absolute Gasteiger partial charge is 0.355 e. The molecule has 3 rings (SSSR count). The summed E-state index contributed by atoms with van der Waals surface area (Å²) >= 11 is 0. The van der Waals surface area contributed by atoms with Crippen LogP contribution in [0.3, 0.4) is 0 Å². The van der Waals surface area contributed by atoms with Crippen LogP contribution in [0, 0.1) is 0 Å². The minimum atomic E-state index is 0.806. The van der Waals surface area contributed by atoms with E-state index in [0.29, 0.717) is 0 Å². The summed E-state index contributed by atoms with van der Waals surface area (Å²) in [6.45, 7) is 2.19. The molecule has 1 saturated heterocycles. The average Bonchev–Trinajstić information content (AvgIpc) is 3.03. The monoisotopic (exact) mass is 215 g/mol. The lowest BCUT2D eigenvalue weighted by molar-refractivity contribution is 0.861. The predicted molar refractivity (Wildman–Crippen MR) is 60.6 cm³/mol. The van der Waals surface area contributed by atoms with Gasteiger partial charge in [-0.3, -0.25) is 4.57 Å². The molecule has 16 heavy (non-hydrogen) atoms. The van der Waals surface area contributed by atoms with Crippen molar-refractivity contribution in [3.63, 3.8) is 0 Å². The van der Waals surface area contributed by atoms with Crippen LogP contribution < -0.4 is 4.90 Å². The van der Waals surface area contributed by atoms with Gasteiger partial charge in [-0.1, -0.05) is 0 Å². The molecule has 2 aromatic rings. The zero-order chi connectivity index (χ0) is 10.8. The third-order valence-electron chi connectivity index (χ3n) is 2.84. The van der Waals surface area contributed by atoms with Crippen molar-refractivity contribution in [3.8, 4) is 5.82 Å². The van der Waals surface area contributed by atoms with E-state index in [1.54, 1.807) is 12.5 Å². The number of imidazole rings is 1. The summed E-state index contributed by atoms with van der Waals surface area (Å²) in [6, 6.07) is 4.00. The fourth-order valence-corrected chi connectivity index (χ4v) is 1.97. The molecule has 0 atom stereocenters. The first kappa shape index (κ1) is 9.33. The summed E-state index contributed by atoms with van der Waals surface area (Å²) in [4.78, 5) is 6.25. The fourth-order valence-electron chi connectivity index (χ4n) is 1.97. The maximum absolute atomic E-state index is 4.24. The van der Waals surface area contributed by atoms with Crippen LogP contribution in [0.4, 0.5) is 5.82 Å². The number of nitrogens with zero attached hydrogens (tertiary/aromatic N) is 5. The second-order valence-corrected chi connectivity index (χ2v) is 3.91. The maximum atomic E-state index is 4.24. The lowest BCUT2D eigenvalue weighted by Gasteiger charge is -2.15. The summed E-state index contributed by atoms with van der Waals surface area (Å²) in [7, 11) is 0. The molecule has 1 fully saturated rings. The fraction of sp³-hybridized carbons (Fsp3) is 0.364. The van der Waals surface area contributed by atoms with Crippen LogP contribution in [0.5, 0.6) is 0 Å². The lowest BCUT2D eigenvalue weighted by atomic mass is 10.4. The molecule has 0 saturated carbocycles. The van der Waals surface area contributed by atoms with Gasteiger partial charge in [0.05, 0.1) is 0 Å². The van der Waals surface area contributed by atoms with E-state index in [9.17, 15) is 0 Å². The molecule has 0 aliphatic carbocycles. The third-order valence-corrected chi connectivity index (χ3v) is 2.84. The van der Waals surface area contributed by atoms with Crippen molar-refractivity contribution in [2.24, 2.45) is 0 Å². The van der Waals surface area contributed by atoms with E-state index in [-0.39, 0.29) is 0 Å². The Kier molecular flexibility index (Phi) is 2.29. The number of aromatic nitrogens is 4. The summed E-state index contributed by atoms with van der Waals surface area (Å²) < 4.78 is 1.85. The molecule has 3 heterocycles. The van der Waals surface area contributed by atoms with Gasteiger partial charge in [-0.15, -0.1) is 10.2 Å². The summed E-state index contributed by atoms with van der Waals surface area (Å²) in [5.41, 5.74) is 0. The van der Waals surface area contributed by atoms with E-state index < -0.39 is 0 Å². The predicted octanol–water partition coefficient (Wildman–Crippen LogP) is 1.26. The number of anilines is 1. The zero-order valence-electron chi connectivity index (χ0n) is 8.95. The maximum Gasteiger partial charge on any atom is 0.160 e. The van der Waals surface area contributed by atoms with Gasteiger partial charge < -0.3 is 4.90 Å². The van der Waals surface area contributed by atoms with E-state index in [1.165, 1.54) is 12.8 Å². The van der Waals surface area contributed by atoms with Crippen molar-refractivity contribution in [2.75, 3.05) is 18.0 Å². The van der Waals surface area contributed by atoms with Crippen LogP contribution in [0.25, 0.3) is 5.82 Å². The van der Waals surface area contributed by atoms with E-state index in [2.05, 4.69) is 20.1 Å². The normalized spacial score (nSPS) is 15.6. The standard InChI is InChI=1S/C11H13N5/c1-2-7-15(6-1)10-3-4-11(14-13-10)16-8-5-12-9-16/h3-5,8-9H,1-2,6-7H2. The lowest BCUT2D eigenvalue weighted by Crippen LogP contribution is -2.19. The molecule has 0 bridgehead atoms. The summed E-state index contributed by atoms with van der Waals surface area (Å²) in [5, 5.41) is 8.44. The molecule has 0 aromatic carbocycles. The highest BCUT2D eigenvalue weighted by atomic mass is 15.3. The van der Waals surface area contributed by atoms with E-state index in [4.69, 9.17) is 0 Å². The highest BCUT2D eigenvalue weighted by Crippen LogP contribution is 2.17. The molecule has 0 spiro atoms. The molecule has 5 heteroatoms. The van der Waals surface area contributed by atoms with Crippen molar-refractivity contribution in [3.05, 3.63) is 30.9 Å². The molecule has 0 amide bonds. The van der Waals surface area contributed by atoms with E-state index in [1.807, 2.05) is 22.9 Å². The topological polar surface area (TPSA) is 46.8 Å². The highest BCUT2D eigenvalue weighted by molar-refractivity contribution is 5.40. The van der Waals surface area contributed by atoms with Crippen LogP contribution in [-0.4, -0.2) is 32.8 Å². The Labute approximate surface area is 93.7 Å². The van der Waals surface area contributed by atoms with Crippen LogP contribution in [-0.2, 0) is 0 Å². The first-order valence-corrected chi connectivity index (χ1v) is 5.50. The van der Waals surface area contributed by atoms with Gasteiger partial charge in [-0.05, 0) is 25.0 Å². The van der Waals surface area contributed by atoms with Gasteiger partial charge in [-0.25, -0.2) is 4.98 Å². The molecule has 2 aromatic heterocycles. The quantitative estimate of drug-likeness (QED) is 0.756. The average molecular weight is 215 g/mol. The van der Waals surface area contributed by atoms with Gasteiger partial charge >= 0.3 is 0 Å². The van der Waals surface area contributed by atoms with Gasteiger partial charge in [0, 0.05) is 25.5 Å². The van der Waals surface area contributed by atoms with Gasteiger partial charge in [0.25, 0.3) is 0 Å². The van der Waals surface area contributed by atoms with Crippen LogP contribution in [0.2, 0.25) is 0 Å². The molecule has 0 radical (unpaired) electrons. The number of hydrogen-bond acceptors (Lipinski definition) is 4. The minimum Gasteiger partial charge on any atom is -0.355 e. The molecule has 1 aliphatic heterocycles. The van der Waals surface area contributed by atoms with Crippen molar-refractivity contribution in [2.45, 2.75) is 12.8 Å². The van der Waals surface area contributed by atoms with Gasteiger partial charge in [0.2, 0.25) is 0 Å². The number of hydrogen-bond donors (Lipinski definition) is 0. The molecular formula is C11H13N5. The molecule has 0 N–H and O–H groups in total. The summed E-state index contributed by atoms with van der Waals surface area (Å²) in [6.07, 6.45) is 7.82. The Morgan fingerprint density at radius 3 is 2.38 bits per heavy atom. The minimum absolute atomic E-state index is 0.806. The van der Waals surface area contributed by atoms with Crippen LogP contribution in [0.1, 0.15) is 12.8 Å². The van der Waals surface area contributed by atoms with Gasteiger partial charge in [0.15, 0.2) is 11.6 Å². The Hall–Kier alpha value is -1.91. The number of rotatable bonds is 2. The Bertz CT molecular complexity index is 442. The van der Waals surface area contributed by atoms with Crippen molar-refractivity contribution in [1.29, 1.82) is 0 Å². The SMILES string of the molecule is c1cn(-c2ccc(N3CCCC3)nn2)cn1. The van der Waals surface area contributed by atoms with Crippen molar-refractivity contribution >= 4 is 5.82 Å². The van der Waals surface area contributed by atoms with Crippen LogP contribution in [0.15, 0.2) is 30.9 Å². The van der Waals surface area contributed by atoms with Gasteiger partial charge in [0.1, 0.15) is 6.33 Å². The zero-order valence-corrected chi connectivity index (χ0v) is 8.95. The smallest absolute Gasteiger partial charge is 0.160 e. The molecule has 82 valence electrons. The first-order chi connectivity index (χ1) is 7.93. The molecule has 5 nitrogen and oxygen atoms in total. The van der Waals surface area contributed by atoms with E-state index >= 15 is 0 Å². The van der Waals surface area contributed by atoms with Crippen molar-refractivity contribution in [1.82, 2.24) is 19.7 Å². The Balaban J connectivity index is 1.84. The molecule has 0 unspecified atom stereocenters. The summed E-state index contributed by atoms with van der Waals surface area (Å²) in [5.74, 6) is 1.78. The van der Waals surface area contributed by atoms with Crippen LogP contribution >= 0.6 is 0 Å². The Morgan fingerprint density at radius 1 is 1.00 bits per heavy atom. The van der Waals surface area contributed by atoms with Crippen molar-refractivity contribution < 1.29 is 0 Å². The third kappa shape index (κ3) is 1.64. The Morgan fingerprint density at radius 2 is 1.75 bits per heavy atom. The molecule has 1 aliphatic rings. The van der Waals surface area contributed by atoms with Gasteiger partial charge in [-0.2, -0.15) is 0 Å². The second kappa shape index (κ2) is 3.92. The highest BCUT2D eigenvalue weighted by Gasteiger charge is 2.13. The second-order valence-electron chi connectivity index (χ2n) is 3.91. The van der Waals surface area contributed by atoms with E-state index in [0.717, 1.165) is 24.7 Å². The molecular weight excluding hydrogens is 202 g/mol.